The van der Waals surface area contributed by atoms with Gasteiger partial charge in [-0.3, -0.25) is 4.79 Å². The molecule has 0 aliphatic carbocycles. The fourth-order valence-electron chi connectivity index (χ4n) is 3.10. The Bertz CT molecular complexity index is 1180. The van der Waals surface area contributed by atoms with Gasteiger partial charge in [0.15, 0.2) is 6.61 Å². The Labute approximate surface area is 201 Å². The molecule has 6 heteroatoms. The number of nitrogens with one attached hydrogen (secondary N) is 2. The maximum absolute atomic E-state index is 12.1. The molecule has 2 N–H and O–H groups in total. The highest BCUT2D eigenvalue weighted by molar-refractivity contribution is 9.10. The smallest absolute Gasteiger partial charge is 0.262 e. The van der Waals surface area contributed by atoms with Gasteiger partial charge in [-0.25, -0.2) is 0 Å². The van der Waals surface area contributed by atoms with Crippen LogP contribution in [-0.2, 0) is 11.3 Å². The predicted octanol–water partition coefficient (Wildman–Crippen LogP) is 6.87. The number of carbonyl (C=O) groups is 1. The summed E-state index contributed by atoms with van der Waals surface area (Å²) < 4.78 is 12.3. The lowest BCUT2D eigenvalue weighted by molar-refractivity contribution is -0.118. The third-order valence-corrected chi connectivity index (χ3v) is 5.36. The Kier molecular flexibility index (Phi) is 7.61. The Hall–Kier alpha value is -3.77. The Balaban J connectivity index is 1.26. The molecule has 0 unspecified atom stereocenters. The summed E-state index contributed by atoms with van der Waals surface area (Å²) in [5, 5.41) is 6.20. The Morgan fingerprint density at radius 1 is 0.758 bits per heavy atom. The SMILES string of the molecule is O=C(COc1ccc(CNc2ccc(Oc3ccccc3)cc2)cc1Br)Nc1ccccc1. The topological polar surface area (TPSA) is 59.6 Å². The van der Waals surface area contributed by atoms with Gasteiger partial charge in [-0.2, -0.15) is 0 Å². The second kappa shape index (κ2) is 11.2. The van der Waals surface area contributed by atoms with Gasteiger partial charge in [0, 0.05) is 17.9 Å². The second-order valence-corrected chi connectivity index (χ2v) is 8.12. The van der Waals surface area contributed by atoms with Crippen LogP contribution in [0.1, 0.15) is 5.56 Å². The molecule has 4 aromatic rings. The number of halogens is 1. The van der Waals surface area contributed by atoms with E-state index in [2.05, 4.69) is 26.6 Å². The zero-order valence-corrected chi connectivity index (χ0v) is 19.4. The number of ether oxygens (including phenoxy) is 2. The fourth-order valence-corrected chi connectivity index (χ4v) is 3.64. The molecule has 0 aliphatic heterocycles. The summed E-state index contributed by atoms with van der Waals surface area (Å²) in [6.45, 7) is 0.578. The van der Waals surface area contributed by atoms with E-state index in [1.165, 1.54) is 0 Å². The summed E-state index contributed by atoms with van der Waals surface area (Å²) in [6.07, 6.45) is 0. The summed E-state index contributed by atoms with van der Waals surface area (Å²) in [4.78, 5) is 12.1. The van der Waals surface area contributed by atoms with Crippen molar-refractivity contribution in [3.8, 4) is 17.2 Å². The Morgan fingerprint density at radius 3 is 2.12 bits per heavy atom. The highest BCUT2D eigenvalue weighted by atomic mass is 79.9. The van der Waals surface area contributed by atoms with E-state index in [-0.39, 0.29) is 12.5 Å². The summed E-state index contributed by atoms with van der Waals surface area (Å²) in [6, 6.07) is 32.6. The van der Waals surface area contributed by atoms with Crippen molar-refractivity contribution in [1.29, 1.82) is 0 Å². The number of benzene rings is 4. The van der Waals surface area contributed by atoms with Gasteiger partial charge in [0.05, 0.1) is 4.47 Å². The first-order valence-corrected chi connectivity index (χ1v) is 11.3. The van der Waals surface area contributed by atoms with Gasteiger partial charge in [-0.05, 0) is 82.2 Å². The van der Waals surface area contributed by atoms with E-state index < -0.39 is 0 Å². The molecule has 0 aromatic heterocycles. The van der Waals surface area contributed by atoms with Gasteiger partial charge in [0.25, 0.3) is 5.91 Å². The molecule has 0 heterocycles. The van der Waals surface area contributed by atoms with Crippen molar-refractivity contribution < 1.29 is 14.3 Å². The summed E-state index contributed by atoms with van der Waals surface area (Å²) in [5.74, 6) is 2.00. The maximum atomic E-state index is 12.1. The van der Waals surface area contributed by atoms with Crippen molar-refractivity contribution in [1.82, 2.24) is 0 Å². The molecule has 4 rings (SSSR count). The fraction of sp³-hybridized carbons (Fsp3) is 0.0741. The molecule has 0 saturated heterocycles. The third kappa shape index (κ3) is 6.85. The molecule has 0 spiro atoms. The predicted molar refractivity (Wildman–Crippen MR) is 135 cm³/mol. The average Bonchev–Trinajstić information content (AvgIpc) is 2.84. The van der Waals surface area contributed by atoms with Crippen LogP contribution in [0.15, 0.2) is 108 Å². The monoisotopic (exact) mass is 502 g/mol. The molecule has 0 radical (unpaired) electrons. The third-order valence-electron chi connectivity index (χ3n) is 4.74. The van der Waals surface area contributed by atoms with Gasteiger partial charge in [-0.15, -0.1) is 0 Å². The van der Waals surface area contributed by atoms with Crippen molar-refractivity contribution in [2.45, 2.75) is 6.54 Å². The summed E-state index contributed by atoms with van der Waals surface area (Å²) in [7, 11) is 0. The van der Waals surface area contributed by atoms with E-state index in [1.807, 2.05) is 103 Å². The van der Waals surface area contributed by atoms with Gasteiger partial charge >= 0.3 is 0 Å². The number of hydrogen-bond donors (Lipinski definition) is 2. The second-order valence-electron chi connectivity index (χ2n) is 7.26. The van der Waals surface area contributed by atoms with Crippen molar-refractivity contribution in [2.24, 2.45) is 0 Å². The van der Waals surface area contributed by atoms with Crippen LogP contribution in [0.2, 0.25) is 0 Å². The van der Waals surface area contributed by atoms with E-state index in [0.717, 1.165) is 32.9 Å². The summed E-state index contributed by atoms with van der Waals surface area (Å²) in [5.41, 5.74) is 2.81. The van der Waals surface area contributed by atoms with Gasteiger partial charge in [0.2, 0.25) is 0 Å². The van der Waals surface area contributed by atoms with Crippen LogP contribution in [0.5, 0.6) is 17.2 Å². The number of anilines is 2. The van der Waals surface area contributed by atoms with Gasteiger partial charge in [0.1, 0.15) is 17.2 Å². The van der Waals surface area contributed by atoms with Crippen molar-refractivity contribution >= 4 is 33.2 Å². The first kappa shape index (κ1) is 22.4. The molecule has 0 atom stereocenters. The Morgan fingerprint density at radius 2 is 1.42 bits per heavy atom. The van der Waals surface area contributed by atoms with E-state index in [1.54, 1.807) is 0 Å². The molecule has 1 amide bonds. The largest absolute Gasteiger partial charge is 0.483 e. The van der Waals surface area contributed by atoms with Gasteiger partial charge in [-0.1, -0.05) is 42.5 Å². The van der Waals surface area contributed by atoms with Crippen LogP contribution in [0, 0.1) is 0 Å². The van der Waals surface area contributed by atoms with Crippen LogP contribution in [-0.4, -0.2) is 12.5 Å². The van der Waals surface area contributed by atoms with Crippen LogP contribution < -0.4 is 20.1 Å². The summed E-state index contributed by atoms with van der Waals surface area (Å²) >= 11 is 3.53. The molecule has 33 heavy (non-hydrogen) atoms. The molecule has 166 valence electrons. The number of hydrogen-bond acceptors (Lipinski definition) is 4. The normalized spacial score (nSPS) is 10.3. The van der Waals surface area contributed by atoms with Crippen molar-refractivity contribution in [3.05, 3.63) is 113 Å². The minimum absolute atomic E-state index is 0.0670. The number of amides is 1. The highest BCUT2D eigenvalue weighted by Gasteiger charge is 2.07. The number of para-hydroxylation sites is 2. The molecular formula is C27H23BrN2O3. The van der Waals surface area contributed by atoms with E-state index in [4.69, 9.17) is 9.47 Å². The van der Waals surface area contributed by atoms with Crippen LogP contribution in [0.4, 0.5) is 11.4 Å². The lowest BCUT2D eigenvalue weighted by Gasteiger charge is -2.12. The van der Waals surface area contributed by atoms with Crippen molar-refractivity contribution in [3.63, 3.8) is 0 Å². The zero-order chi connectivity index (χ0) is 22.9. The molecule has 0 fully saturated rings. The minimum Gasteiger partial charge on any atom is -0.483 e. The number of carbonyl (C=O) groups excluding carboxylic acids is 1. The van der Waals surface area contributed by atoms with Crippen LogP contribution >= 0.6 is 15.9 Å². The quantitative estimate of drug-likeness (QED) is 0.262. The molecule has 4 aromatic carbocycles. The van der Waals surface area contributed by atoms with Crippen LogP contribution in [0.3, 0.4) is 0 Å². The van der Waals surface area contributed by atoms with E-state index in [0.29, 0.717) is 12.3 Å². The van der Waals surface area contributed by atoms with Crippen molar-refractivity contribution in [2.75, 3.05) is 17.2 Å². The van der Waals surface area contributed by atoms with E-state index >= 15 is 0 Å². The molecule has 5 nitrogen and oxygen atoms in total. The number of rotatable bonds is 9. The van der Waals surface area contributed by atoms with E-state index in [9.17, 15) is 4.79 Å². The maximum Gasteiger partial charge on any atom is 0.262 e. The molecular weight excluding hydrogens is 480 g/mol. The highest BCUT2D eigenvalue weighted by Crippen LogP contribution is 2.27. The first-order chi connectivity index (χ1) is 16.2. The van der Waals surface area contributed by atoms with Gasteiger partial charge < -0.3 is 20.1 Å². The average molecular weight is 503 g/mol. The standard InChI is InChI=1S/C27H23BrN2O3/c28-25-17-20(11-16-26(25)32-19-27(31)30-22-7-3-1-4-8-22)18-29-21-12-14-24(15-13-21)33-23-9-5-2-6-10-23/h1-17,29H,18-19H2,(H,30,31). The lowest BCUT2D eigenvalue weighted by atomic mass is 10.2. The molecule has 0 aliphatic rings. The first-order valence-electron chi connectivity index (χ1n) is 10.5. The molecule has 0 saturated carbocycles. The van der Waals surface area contributed by atoms with Crippen LogP contribution in [0.25, 0.3) is 0 Å². The zero-order valence-electron chi connectivity index (χ0n) is 17.8. The minimum atomic E-state index is -0.210. The molecule has 0 bridgehead atoms. The lowest BCUT2D eigenvalue weighted by Crippen LogP contribution is -2.20.